The van der Waals surface area contributed by atoms with E-state index in [2.05, 4.69) is 41.7 Å². The molecule has 4 aliphatic rings. The number of Topliss-reactive ketones (excluding diaryl/α,β-unsaturated/α-hetero) is 1. The van der Waals surface area contributed by atoms with Crippen LogP contribution in [-0.4, -0.2) is 90.6 Å². The van der Waals surface area contributed by atoms with Gasteiger partial charge in [-0.1, -0.05) is 79.7 Å². The van der Waals surface area contributed by atoms with Crippen molar-refractivity contribution in [2.45, 2.75) is 135 Å². The maximum absolute atomic E-state index is 14.4. The maximum atomic E-state index is 14.4. The van der Waals surface area contributed by atoms with Gasteiger partial charge in [-0.2, -0.15) is 0 Å². The second-order valence-electron chi connectivity index (χ2n) is 16.1. The van der Waals surface area contributed by atoms with Crippen molar-refractivity contribution in [3.8, 4) is 0 Å². The molecule has 0 aromatic heterocycles. The van der Waals surface area contributed by atoms with Crippen LogP contribution < -0.4 is 21.3 Å². The number of ketones is 1. The fourth-order valence-corrected chi connectivity index (χ4v) is 10.9. The second-order valence-corrected chi connectivity index (χ2v) is 18.4. The number of hydrogen-bond acceptors (Lipinski definition) is 7. The van der Waals surface area contributed by atoms with E-state index in [1.54, 1.807) is 0 Å². The van der Waals surface area contributed by atoms with Crippen LogP contribution in [0.15, 0.2) is 12.7 Å². The van der Waals surface area contributed by atoms with E-state index in [0.717, 1.165) is 25.7 Å². The number of amides is 5. The molecule has 2 aliphatic heterocycles. The van der Waals surface area contributed by atoms with Crippen molar-refractivity contribution in [1.82, 2.24) is 26.2 Å². The van der Waals surface area contributed by atoms with Gasteiger partial charge >= 0.3 is 6.03 Å². The zero-order valence-electron chi connectivity index (χ0n) is 29.7. The molecule has 6 atom stereocenters. The van der Waals surface area contributed by atoms with E-state index in [1.165, 1.54) is 11.0 Å². The summed E-state index contributed by atoms with van der Waals surface area (Å²) in [6.07, 6.45) is 7.92. The number of likely N-dealkylation sites (tertiary alicyclic amines) is 1. The summed E-state index contributed by atoms with van der Waals surface area (Å²) in [5.41, 5.74) is -1.85. The van der Waals surface area contributed by atoms with Crippen molar-refractivity contribution >= 4 is 39.4 Å². The summed E-state index contributed by atoms with van der Waals surface area (Å²) >= 11 is 0. The molecule has 12 nitrogen and oxygen atoms in total. The van der Waals surface area contributed by atoms with Gasteiger partial charge < -0.3 is 26.2 Å². The Morgan fingerprint density at radius 1 is 1.00 bits per heavy atom. The summed E-state index contributed by atoms with van der Waals surface area (Å²) in [7, 11) is -3.39. The molecular weight excluding hydrogens is 634 g/mol. The molecule has 0 radical (unpaired) electrons. The molecule has 0 aromatic rings. The molecule has 2 saturated heterocycles. The third-order valence-corrected chi connectivity index (χ3v) is 13.7. The summed E-state index contributed by atoms with van der Waals surface area (Å²) in [5, 5.41) is 10.6. The van der Waals surface area contributed by atoms with E-state index in [0.29, 0.717) is 38.6 Å². The van der Waals surface area contributed by atoms with Crippen molar-refractivity contribution in [1.29, 1.82) is 0 Å². The number of nitrogens with zero attached hydrogens (tertiary/aromatic N) is 1. The van der Waals surface area contributed by atoms with Gasteiger partial charge in [0.15, 0.2) is 9.84 Å². The second kappa shape index (κ2) is 14.5. The zero-order valence-corrected chi connectivity index (χ0v) is 30.5. The van der Waals surface area contributed by atoms with Gasteiger partial charge in [-0.05, 0) is 54.8 Å². The first-order chi connectivity index (χ1) is 22.4. The predicted molar refractivity (Wildman–Crippen MR) is 183 cm³/mol. The third kappa shape index (κ3) is 7.75. The van der Waals surface area contributed by atoms with Crippen LogP contribution in [0.2, 0.25) is 0 Å². The molecule has 4 fully saturated rings. The molecule has 5 amide bonds. The van der Waals surface area contributed by atoms with Gasteiger partial charge in [0.25, 0.3) is 5.91 Å². The molecule has 2 aliphatic carbocycles. The Hall–Kier alpha value is -2.96. The molecule has 0 spiro atoms. The summed E-state index contributed by atoms with van der Waals surface area (Å²) in [6, 6.07) is -3.53. The number of fused-ring (bicyclic) bond motifs is 1. The lowest BCUT2D eigenvalue weighted by Crippen LogP contribution is -2.66. The highest BCUT2D eigenvalue weighted by Crippen LogP contribution is 2.65. The van der Waals surface area contributed by atoms with E-state index in [-0.39, 0.29) is 36.0 Å². The molecule has 270 valence electrons. The summed E-state index contributed by atoms with van der Waals surface area (Å²) in [4.78, 5) is 69.2. The van der Waals surface area contributed by atoms with E-state index < -0.39 is 73.7 Å². The van der Waals surface area contributed by atoms with Crippen LogP contribution in [0.25, 0.3) is 0 Å². The number of piperidine rings is 1. The lowest BCUT2D eigenvalue weighted by molar-refractivity contribution is -0.145. The number of nitrogens with one attached hydrogen (secondary N) is 4. The third-order valence-electron chi connectivity index (χ3n) is 11.3. The summed E-state index contributed by atoms with van der Waals surface area (Å²) in [5.74, 6) is -2.44. The first-order valence-corrected chi connectivity index (χ1v) is 19.5. The van der Waals surface area contributed by atoms with Crippen molar-refractivity contribution in [3.05, 3.63) is 12.7 Å². The Morgan fingerprint density at radius 2 is 1.67 bits per heavy atom. The van der Waals surface area contributed by atoms with Crippen LogP contribution in [0.3, 0.4) is 0 Å². The molecule has 48 heavy (non-hydrogen) atoms. The van der Waals surface area contributed by atoms with Gasteiger partial charge in [0.1, 0.15) is 12.1 Å². The lowest BCUT2D eigenvalue weighted by atomic mass is 9.77. The van der Waals surface area contributed by atoms with Gasteiger partial charge in [-0.25, -0.2) is 13.2 Å². The highest BCUT2D eigenvalue weighted by atomic mass is 32.2. The molecule has 0 unspecified atom stereocenters. The molecule has 0 bridgehead atoms. The lowest BCUT2D eigenvalue weighted by Gasteiger charge is -2.45. The topological polar surface area (TPSA) is 171 Å². The molecule has 0 aromatic carbocycles. The summed E-state index contributed by atoms with van der Waals surface area (Å²) < 4.78 is 26.5. The number of hydrogen-bond donors (Lipinski definition) is 4. The zero-order chi connectivity index (χ0) is 35.7. The van der Waals surface area contributed by atoms with Crippen LogP contribution in [0.5, 0.6) is 0 Å². The average Bonchev–Trinajstić information content (AvgIpc) is 3.32. The normalized spacial score (nSPS) is 28.2. The van der Waals surface area contributed by atoms with Crippen LogP contribution in [0.4, 0.5) is 4.79 Å². The molecule has 2 heterocycles. The van der Waals surface area contributed by atoms with Crippen LogP contribution in [-0.2, 0) is 29.0 Å². The molecule has 4 rings (SSSR count). The van der Waals surface area contributed by atoms with Gasteiger partial charge in [-0.3, -0.25) is 19.2 Å². The monoisotopic (exact) mass is 691 g/mol. The molecule has 4 N–H and O–H groups in total. The Balaban J connectivity index is 1.56. The maximum Gasteiger partial charge on any atom is 0.315 e. The molecular formula is C35H57N5O7S. The predicted octanol–water partition coefficient (Wildman–Crippen LogP) is 3.01. The van der Waals surface area contributed by atoms with Gasteiger partial charge in [-0.15, -0.1) is 6.58 Å². The first-order valence-electron chi connectivity index (χ1n) is 17.8. The number of carbonyl (C=O) groups is 5. The minimum absolute atomic E-state index is 0.0601. The number of urea groups is 1. The van der Waals surface area contributed by atoms with E-state index in [1.807, 2.05) is 27.7 Å². The van der Waals surface area contributed by atoms with Crippen molar-refractivity contribution < 1.29 is 32.4 Å². The first kappa shape index (κ1) is 37.9. The standard InChI is InChI=1S/C35H57N5O7S/c1-8-15-23(27(41)30(43)36-19-9-2)37-29(42)26-25-22(34(25,6)7)21-40(26)31(44)28(33(3,4)5)38-32(45)39-35(17-12-10-13-18-35)24-16-11-14-20-48(24,46)47/h9,22-26,28H,2,8,10-21H2,1,3-7H3,(H,36,43)(H,37,42)(H2,38,39,45)/t22-,23-,24+,25-,26-,28+/m0/s1. The SMILES string of the molecule is C=CCNC(=O)C(=O)[C@H](CCC)NC(=O)[C@@H]1[C@@H]2[C@H](CN1C(=O)[C@@H](NC(=O)NC1([C@H]3CCCCS3(=O)=O)CCCCC1)C(C)(C)C)C2(C)C. The van der Waals surface area contributed by atoms with Crippen LogP contribution in [0, 0.1) is 22.7 Å². The van der Waals surface area contributed by atoms with Crippen LogP contribution >= 0.6 is 0 Å². The Kier molecular flexibility index (Phi) is 11.4. The Morgan fingerprint density at radius 3 is 2.25 bits per heavy atom. The van der Waals surface area contributed by atoms with Crippen molar-refractivity contribution in [3.63, 3.8) is 0 Å². The van der Waals surface area contributed by atoms with Crippen molar-refractivity contribution in [2.75, 3.05) is 18.8 Å². The van der Waals surface area contributed by atoms with E-state index in [9.17, 15) is 32.4 Å². The van der Waals surface area contributed by atoms with Gasteiger partial charge in [0.05, 0.1) is 22.6 Å². The van der Waals surface area contributed by atoms with Crippen LogP contribution in [0.1, 0.15) is 106 Å². The number of sulfone groups is 1. The minimum Gasteiger partial charge on any atom is -0.346 e. The summed E-state index contributed by atoms with van der Waals surface area (Å²) in [6.45, 7) is 15.5. The minimum atomic E-state index is -3.39. The fourth-order valence-electron chi connectivity index (χ4n) is 8.53. The van der Waals surface area contributed by atoms with E-state index >= 15 is 0 Å². The quantitative estimate of drug-likeness (QED) is 0.180. The van der Waals surface area contributed by atoms with Crippen molar-refractivity contribution in [2.24, 2.45) is 22.7 Å². The fraction of sp³-hybridized carbons (Fsp3) is 0.800. The molecule has 13 heteroatoms. The molecule has 2 saturated carbocycles. The number of carbonyl (C=O) groups excluding carboxylic acids is 5. The number of rotatable bonds is 12. The van der Waals surface area contributed by atoms with E-state index in [4.69, 9.17) is 0 Å². The van der Waals surface area contributed by atoms with Gasteiger partial charge in [0.2, 0.25) is 17.6 Å². The Bertz CT molecular complexity index is 1380. The highest BCUT2D eigenvalue weighted by Gasteiger charge is 2.70. The highest BCUT2D eigenvalue weighted by molar-refractivity contribution is 7.92. The largest absolute Gasteiger partial charge is 0.346 e. The Labute approximate surface area is 286 Å². The van der Waals surface area contributed by atoms with Gasteiger partial charge in [0, 0.05) is 13.1 Å². The smallest absolute Gasteiger partial charge is 0.315 e. The average molecular weight is 692 g/mol.